The van der Waals surface area contributed by atoms with Gasteiger partial charge in [0.2, 0.25) is 5.90 Å². The molecule has 0 atom stereocenters. The molecule has 6 heteroatoms. The lowest BCUT2D eigenvalue weighted by Crippen LogP contribution is -2.07. The van der Waals surface area contributed by atoms with Crippen molar-refractivity contribution in [2.24, 2.45) is 4.99 Å². The summed E-state index contributed by atoms with van der Waals surface area (Å²) in [6, 6.07) is 17.2. The minimum absolute atomic E-state index is 0.202. The molecule has 0 aliphatic carbocycles. The highest BCUT2D eigenvalue weighted by atomic mass is 16.6. The number of carbonyl (C=O) groups excluding carboxylic acids is 1. The van der Waals surface area contributed by atoms with E-state index in [-0.39, 0.29) is 11.6 Å². The van der Waals surface area contributed by atoms with Gasteiger partial charge in [0, 0.05) is 5.56 Å². The molecule has 0 saturated heterocycles. The number of cyclic esters (lactones) is 1. The van der Waals surface area contributed by atoms with Crippen LogP contribution in [0.4, 0.5) is 0 Å². The van der Waals surface area contributed by atoms with Gasteiger partial charge in [-0.15, -0.1) is 0 Å². The number of aliphatic imine (C=N–C) groups is 1. The lowest BCUT2D eigenvalue weighted by Gasteiger charge is -2.06. The summed E-state index contributed by atoms with van der Waals surface area (Å²) in [5.41, 5.74) is 3.12. The van der Waals surface area contributed by atoms with E-state index in [9.17, 15) is 4.79 Å². The Morgan fingerprint density at radius 3 is 2.44 bits per heavy atom. The van der Waals surface area contributed by atoms with Crippen LogP contribution in [0.5, 0.6) is 5.75 Å². The highest BCUT2D eigenvalue weighted by Gasteiger charge is 2.30. The van der Waals surface area contributed by atoms with E-state index in [2.05, 4.69) is 17.1 Å². The molecule has 0 amide bonds. The predicted octanol–water partition coefficient (Wildman–Crippen LogP) is 6.73. The van der Waals surface area contributed by atoms with Gasteiger partial charge in [-0.25, -0.2) is 9.79 Å². The number of hydrogen-bond acceptors (Lipinski definition) is 6. The first kappa shape index (κ1) is 23.5. The summed E-state index contributed by atoms with van der Waals surface area (Å²) in [6.07, 6.45) is 9.11. The maximum atomic E-state index is 12.5. The summed E-state index contributed by atoms with van der Waals surface area (Å²) >= 11 is 0. The molecule has 1 aromatic heterocycles. The summed E-state index contributed by atoms with van der Waals surface area (Å²) in [5, 5.41) is 4.14. The van der Waals surface area contributed by atoms with Crippen LogP contribution in [0.1, 0.15) is 62.3 Å². The molecule has 0 N–H and O–H groups in total. The van der Waals surface area contributed by atoms with Crippen molar-refractivity contribution in [1.82, 2.24) is 5.16 Å². The maximum absolute atomic E-state index is 12.5. The van der Waals surface area contributed by atoms with Gasteiger partial charge in [0.15, 0.2) is 5.70 Å². The molecule has 0 saturated carbocycles. The minimum Gasteiger partial charge on any atom is -0.494 e. The largest absolute Gasteiger partial charge is 0.494 e. The van der Waals surface area contributed by atoms with Crippen molar-refractivity contribution in [3.8, 4) is 17.0 Å². The number of rotatable bonds is 11. The van der Waals surface area contributed by atoms with Crippen molar-refractivity contribution in [2.45, 2.75) is 52.4 Å². The SMILES string of the molecule is CCCCCCCCOc1ccc(C=C2N=C(c3c(-c4ccccc4)noc3C)OC2=O)cc1. The summed E-state index contributed by atoms with van der Waals surface area (Å²) in [6.45, 7) is 4.72. The number of unbranched alkanes of at least 4 members (excludes halogenated alkanes) is 5. The molecule has 0 bridgehead atoms. The van der Waals surface area contributed by atoms with E-state index in [1.807, 2.05) is 54.6 Å². The van der Waals surface area contributed by atoms with E-state index >= 15 is 0 Å². The molecular weight excluding hydrogens is 428 g/mol. The molecular formula is C28H30N2O4. The molecule has 34 heavy (non-hydrogen) atoms. The van der Waals surface area contributed by atoms with Gasteiger partial charge in [0.25, 0.3) is 0 Å². The van der Waals surface area contributed by atoms with Crippen molar-refractivity contribution >= 4 is 17.9 Å². The van der Waals surface area contributed by atoms with Gasteiger partial charge in [-0.1, -0.05) is 86.6 Å². The number of benzene rings is 2. The second-order valence-electron chi connectivity index (χ2n) is 8.35. The molecule has 0 radical (unpaired) electrons. The summed E-state index contributed by atoms with van der Waals surface area (Å²) < 4.78 is 16.7. The number of esters is 1. The van der Waals surface area contributed by atoms with Gasteiger partial charge in [-0.2, -0.15) is 0 Å². The lowest BCUT2D eigenvalue weighted by atomic mass is 10.1. The zero-order valence-electron chi connectivity index (χ0n) is 19.8. The maximum Gasteiger partial charge on any atom is 0.363 e. The molecule has 0 fully saturated rings. The van der Waals surface area contributed by atoms with Crippen LogP contribution in [0.3, 0.4) is 0 Å². The fourth-order valence-electron chi connectivity index (χ4n) is 3.82. The van der Waals surface area contributed by atoms with Crippen molar-refractivity contribution in [3.05, 3.63) is 77.2 Å². The van der Waals surface area contributed by atoms with E-state index in [1.54, 1.807) is 13.0 Å². The van der Waals surface area contributed by atoms with Crippen LogP contribution in [-0.2, 0) is 9.53 Å². The Kier molecular flexibility index (Phi) is 7.91. The normalized spacial score (nSPS) is 14.4. The smallest absolute Gasteiger partial charge is 0.363 e. The average molecular weight is 459 g/mol. The monoisotopic (exact) mass is 458 g/mol. The number of nitrogens with zero attached hydrogens (tertiary/aromatic N) is 2. The fourth-order valence-corrected chi connectivity index (χ4v) is 3.82. The standard InChI is InChI=1S/C28H30N2O4/c1-3-4-5-6-7-11-18-32-23-16-14-21(15-17-23)19-24-28(31)33-27(29-24)25-20(2)34-30-26(25)22-12-9-8-10-13-22/h8-10,12-17,19H,3-7,11,18H2,1-2H3. The topological polar surface area (TPSA) is 73.9 Å². The molecule has 176 valence electrons. The summed E-state index contributed by atoms with van der Waals surface area (Å²) in [7, 11) is 0. The molecule has 2 aromatic carbocycles. The van der Waals surface area contributed by atoms with Crippen LogP contribution in [0.15, 0.2) is 69.8 Å². The quantitative estimate of drug-likeness (QED) is 0.181. The Hall–Kier alpha value is -3.67. The van der Waals surface area contributed by atoms with Crippen molar-refractivity contribution in [3.63, 3.8) is 0 Å². The lowest BCUT2D eigenvalue weighted by molar-refractivity contribution is -0.129. The first-order chi connectivity index (χ1) is 16.7. The van der Waals surface area contributed by atoms with Crippen LogP contribution >= 0.6 is 0 Å². The number of hydrogen-bond donors (Lipinski definition) is 0. The van der Waals surface area contributed by atoms with E-state index < -0.39 is 5.97 Å². The fraction of sp³-hybridized carbons (Fsp3) is 0.321. The third-order valence-corrected chi connectivity index (χ3v) is 5.69. The van der Waals surface area contributed by atoms with Gasteiger partial charge in [-0.3, -0.25) is 0 Å². The predicted molar refractivity (Wildman–Crippen MR) is 133 cm³/mol. The Morgan fingerprint density at radius 2 is 1.68 bits per heavy atom. The van der Waals surface area contributed by atoms with Gasteiger partial charge in [0.1, 0.15) is 22.8 Å². The molecule has 1 aliphatic rings. The summed E-state index contributed by atoms with van der Waals surface area (Å²) in [5.74, 6) is 1.06. The third-order valence-electron chi connectivity index (χ3n) is 5.69. The van der Waals surface area contributed by atoms with Crippen LogP contribution in [0.2, 0.25) is 0 Å². The van der Waals surface area contributed by atoms with Crippen LogP contribution in [-0.4, -0.2) is 23.6 Å². The molecule has 1 aliphatic heterocycles. The summed E-state index contributed by atoms with van der Waals surface area (Å²) in [4.78, 5) is 16.9. The Morgan fingerprint density at radius 1 is 0.941 bits per heavy atom. The second kappa shape index (κ2) is 11.5. The first-order valence-corrected chi connectivity index (χ1v) is 11.9. The van der Waals surface area contributed by atoms with E-state index in [0.29, 0.717) is 23.6 Å². The van der Waals surface area contributed by atoms with Gasteiger partial charge in [0.05, 0.1) is 6.61 Å². The van der Waals surface area contributed by atoms with E-state index in [4.69, 9.17) is 14.0 Å². The van der Waals surface area contributed by atoms with Crippen LogP contribution in [0.25, 0.3) is 17.3 Å². The van der Waals surface area contributed by atoms with Crippen molar-refractivity contribution in [1.29, 1.82) is 0 Å². The third kappa shape index (κ3) is 5.81. The molecule has 0 spiro atoms. The number of carbonyl (C=O) groups is 1. The first-order valence-electron chi connectivity index (χ1n) is 11.9. The van der Waals surface area contributed by atoms with Gasteiger partial charge < -0.3 is 14.0 Å². The van der Waals surface area contributed by atoms with Crippen LogP contribution in [0, 0.1) is 6.92 Å². The number of ether oxygens (including phenoxy) is 2. The van der Waals surface area contributed by atoms with E-state index in [1.165, 1.54) is 32.1 Å². The Labute approximate surface area is 200 Å². The van der Waals surface area contributed by atoms with Crippen molar-refractivity contribution in [2.75, 3.05) is 6.61 Å². The zero-order valence-corrected chi connectivity index (χ0v) is 19.8. The minimum atomic E-state index is -0.502. The highest BCUT2D eigenvalue weighted by molar-refractivity contribution is 6.15. The molecule has 2 heterocycles. The molecule has 0 unspecified atom stereocenters. The van der Waals surface area contributed by atoms with Gasteiger partial charge >= 0.3 is 5.97 Å². The zero-order chi connectivity index (χ0) is 23.8. The molecule has 4 rings (SSSR count). The second-order valence-corrected chi connectivity index (χ2v) is 8.35. The van der Waals surface area contributed by atoms with Crippen molar-refractivity contribution < 1.29 is 18.8 Å². The Bertz CT molecular complexity index is 1160. The van der Waals surface area contributed by atoms with E-state index in [0.717, 1.165) is 23.3 Å². The number of aromatic nitrogens is 1. The molecule has 6 nitrogen and oxygen atoms in total. The average Bonchev–Trinajstić information content (AvgIpc) is 3.42. The van der Waals surface area contributed by atoms with Crippen LogP contribution < -0.4 is 4.74 Å². The molecule has 3 aromatic rings. The Balaban J connectivity index is 1.41. The highest BCUT2D eigenvalue weighted by Crippen LogP contribution is 2.29. The number of aryl methyl sites for hydroxylation is 1. The van der Waals surface area contributed by atoms with Gasteiger partial charge in [-0.05, 0) is 37.1 Å².